The van der Waals surface area contributed by atoms with Gasteiger partial charge in [0.05, 0.1) is 0 Å². The van der Waals surface area contributed by atoms with Crippen LogP contribution in [0.1, 0.15) is 11.6 Å². The van der Waals surface area contributed by atoms with Crippen molar-refractivity contribution in [2.45, 2.75) is 6.04 Å². The molecular weight excluding hydrogens is 180 g/mol. The number of rotatable bonds is 3. The number of amides is 1. The van der Waals surface area contributed by atoms with Crippen molar-refractivity contribution in [3.8, 4) is 0 Å². The van der Waals surface area contributed by atoms with E-state index in [2.05, 4.69) is 5.18 Å². The Balaban J connectivity index is 2.94. The van der Waals surface area contributed by atoms with Crippen molar-refractivity contribution in [2.75, 3.05) is 14.1 Å². The first-order valence-corrected chi connectivity index (χ1v) is 4.25. The number of hydrogen-bond donors (Lipinski definition) is 0. The molecule has 14 heavy (non-hydrogen) atoms. The van der Waals surface area contributed by atoms with E-state index in [9.17, 15) is 9.70 Å². The molecule has 0 heterocycles. The Bertz CT molecular complexity index is 322. The van der Waals surface area contributed by atoms with E-state index in [4.69, 9.17) is 0 Å². The second-order valence-corrected chi connectivity index (χ2v) is 3.15. The quantitative estimate of drug-likeness (QED) is 0.683. The maximum Gasteiger partial charge on any atom is 0.255 e. The van der Waals surface area contributed by atoms with Crippen LogP contribution in [0.15, 0.2) is 35.5 Å². The monoisotopic (exact) mass is 192 g/mol. The predicted molar refractivity (Wildman–Crippen MR) is 53.7 cm³/mol. The second kappa shape index (κ2) is 4.50. The maximum absolute atomic E-state index is 11.5. The molecule has 1 aromatic carbocycles. The van der Waals surface area contributed by atoms with Crippen LogP contribution < -0.4 is 0 Å². The van der Waals surface area contributed by atoms with Gasteiger partial charge in [-0.3, -0.25) is 4.79 Å². The normalized spacial score (nSPS) is 11.9. The van der Waals surface area contributed by atoms with E-state index in [0.717, 1.165) is 0 Å². The Labute approximate surface area is 82.5 Å². The Morgan fingerprint density at radius 1 is 1.29 bits per heavy atom. The molecule has 1 amide bonds. The second-order valence-electron chi connectivity index (χ2n) is 3.15. The van der Waals surface area contributed by atoms with Crippen molar-refractivity contribution in [1.82, 2.24) is 4.90 Å². The third-order valence-corrected chi connectivity index (χ3v) is 1.90. The van der Waals surface area contributed by atoms with E-state index in [1.165, 1.54) is 4.90 Å². The van der Waals surface area contributed by atoms with Crippen LogP contribution in [0.2, 0.25) is 0 Å². The standard InChI is InChI=1S/C10H12N2O2/c1-12(2)10(13)9(11-14)8-6-4-3-5-7-8/h3-7,9H,1-2H3. The summed E-state index contributed by atoms with van der Waals surface area (Å²) in [5.74, 6) is -0.300. The van der Waals surface area contributed by atoms with E-state index in [1.807, 2.05) is 6.07 Å². The molecule has 0 radical (unpaired) electrons. The number of benzene rings is 1. The molecule has 4 nitrogen and oxygen atoms in total. The Hall–Kier alpha value is -1.71. The molecule has 0 aromatic heterocycles. The first-order valence-electron chi connectivity index (χ1n) is 4.25. The van der Waals surface area contributed by atoms with E-state index in [-0.39, 0.29) is 5.91 Å². The molecule has 0 N–H and O–H groups in total. The topological polar surface area (TPSA) is 49.7 Å². The number of likely N-dealkylation sites (N-methyl/N-ethyl adjacent to an activating group) is 1. The van der Waals surface area contributed by atoms with Gasteiger partial charge in [0.25, 0.3) is 5.91 Å². The van der Waals surface area contributed by atoms with Crippen LogP contribution in [0.5, 0.6) is 0 Å². The van der Waals surface area contributed by atoms with Gasteiger partial charge in [-0.2, -0.15) is 0 Å². The van der Waals surface area contributed by atoms with Crippen LogP contribution in [0.3, 0.4) is 0 Å². The highest BCUT2D eigenvalue weighted by molar-refractivity contribution is 5.82. The molecule has 0 saturated heterocycles. The van der Waals surface area contributed by atoms with Crippen LogP contribution >= 0.6 is 0 Å². The molecule has 1 atom stereocenters. The number of nitrogens with zero attached hydrogens (tertiary/aromatic N) is 2. The molecule has 0 aliphatic carbocycles. The first kappa shape index (κ1) is 10.4. The third kappa shape index (κ3) is 2.16. The Morgan fingerprint density at radius 3 is 2.29 bits per heavy atom. The molecule has 4 heteroatoms. The van der Waals surface area contributed by atoms with Crippen molar-refractivity contribution in [2.24, 2.45) is 5.18 Å². The minimum Gasteiger partial charge on any atom is -0.347 e. The molecule has 1 unspecified atom stereocenters. The maximum atomic E-state index is 11.5. The first-order chi connectivity index (χ1) is 6.66. The lowest BCUT2D eigenvalue weighted by atomic mass is 10.1. The zero-order valence-electron chi connectivity index (χ0n) is 8.18. The lowest BCUT2D eigenvalue weighted by Crippen LogP contribution is -2.27. The van der Waals surface area contributed by atoms with Gasteiger partial charge < -0.3 is 4.90 Å². The molecule has 1 rings (SSSR count). The zero-order valence-corrected chi connectivity index (χ0v) is 8.18. The highest BCUT2D eigenvalue weighted by Crippen LogP contribution is 2.18. The Morgan fingerprint density at radius 2 is 1.86 bits per heavy atom. The fraction of sp³-hybridized carbons (Fsp3) is 0.300. The summed E-state index contributed by atoms with van der Waals surface area (Å²) in [6.07, 6.45) is 0. The average Bonchev–Trinajstić information content (AvgIpc) is 2.20. The minimum absolute atomic E-state index is 0.300. The van der Waals surface area contributed by atoms with Gasteiger partial charge >= 0.3 is 0 Å². The van der Waals surface area contributed by atoms with Crippen molar-refractivity contribution in [1.29, 1.82) is 0 Å². The molecule has 0 aliphatic rings. The largest absolute Gasteiger partial charge is 0.347 e. The van der Waals surface area contributed by atoms with Crippen LogP contribution in [-0.2, 0) is 4.79 Å². The fourth-order valence-corrected chi connectivity index (χ4v) is 1.13. The van der Waals surface area contributed by atoms with Crippen LogP contribution in [0.4, 0.5) is 0 Å². The molecule has 0 bridgehead atoms. The van der Waals surface area contributed by atoms with Gasteiger partial charge in [-0.15, -0.1) is 4.91 Å². The van der Waals surface area contributed by atoms with Gasteiger partial charge in [0.1, 0.15) is 0 Å². The average molecular weight is 192 g/mol. The smallest absolute Gasteiger partial charge is 0.255 e. The summed E-state index contributed by atoms with van der Waals surface area (Å²) in [5, 5.41) is 2.84. The summed E-state index contributed by atoms with van der Waals surface area (Å²) in [5.41, 5.74) is 0.626. The molecule has 1 aromatic rings. The van der Waals surface area contributed by atoms with Gasteiger partial charge in [0.2, 0.25) is 0 Å². The van der Waals surface area contributed by atoms with Gasteiger partial charge in [-0.1, -0.05) is 35.5 Å². The van der Waals surface area contributed by atoms with Gasteiger partial charge in [0, 0.05) is 14.1 Å². The Kier molecular flexibility index (Phi) is 3.34. The van der Waals surface area contributed by atoms with E-state index in [0.29, 0.717) is 5.56 Å². The summed E-state index contributed by atoms with van der Waals surface area (Å²) >= 11 is 0. The lowest BCUT2D eigenvalue weighted by Gasteiger charge is -2.14. The number of hydrogen-bond acceptors (Lipinski definition) is 3. The van der Waals surface area contributed by atoms with Gasteiger partial charge in [-0.25, -0.2) is 0 Å². The van der Waals surface area contributed by atoms with Gasteiger partial charge in [-0.05, 0) is 5.56 Å². The lowest BCUT2D eigenvalue weighted by molar-refractivity contribution is -0.130. The van der Waals surface area contributed by atoms with Crippen molar-refractivity contribution in [3.63, 3.8) is 0 Å². The molecular formula is C10H12N2O2. The summed E-state index contributed by atoms with van der Waals surface area (Å²) in [6, 6.07) is 7.88. The van der Waals surface area contributed by atoms with Gasteiger partial charge in [0.15, 0.2) is 6.04 Å². The van der Waals surface area contributed by atoms with Crippen molar-refractivity contribution in [3.05, 3.63) is 40.8 Å². The molecule has 0 fully saturated rings. The van der Waals surface area contributed by atoms with E-state index in [1.54, 1.807) is 38.4 Å². The predicted octanol–water partition coefficient (Wildman–Crippen LogP) is 1.58. The summed E-state index contributed by atoms with van der Waals surface area (Å²) < 4.78 is 0. The summed E-state index contributed by atoms with van der Waals surface area (Å²) in [4.78, 5) is 23.4. The highest BCUT2D eigenvalue weighted by atomic mass is 16.3. The number of carbonyl (C=O) groups excluding carboxylic acids is 1. The number of carbonyl (C=O) groups is 1. The van der Waals surface area contributed by atoms with Crippen LogP contribution in [0, 0.1) is 4.91 Å². The van der Waals surface area contributed by atoms with Crippen molar-refractivity contribution < 1.29 is 4.79 Å². The minimum atomic E-state index is -0.925. The molecule has 0 saturated carbocycles. The SMILES string of the molecule is CN(C)C(=O)C(N=O)c1ccccc1. The van der Waals surface area contributed by atoms with E-state index >= 15 is 0 Å². The molecule has 74 valence electrons. The van der Waals surface area contributed by atoms with Crippen LogP contribution in [0.25, 0.3) is 0 Å². The van der Waals surface area contributed by atoms with Crippen LogP contribution in [-0.4, -0.2) is 24.9 Å². The molecule has 0 spiro atoms. The molecule has 0 aliphatic heterocycles. The fourth-order valence-electron chi connectivity index (χ4n) is 1.13. The zero-order chi connectivity index (χ0) is 10.6. The van der Waals surface area contributed by atoms with E-state index < -0.39 is 6.04 Å². The highest BCUT2D eigenvalue weighted by Gasteiger charge is 2.22. The summed E-state index contributed by atoms with van der Waals surface area (Å²) in [7, 11) is 3.20. The third-order valence-electron chi connectivity index (χ3n) is 1.90. The summed E-state index contributed by atoms with van der Waals surface area (Å²) in [6.45, 7) is 0. The van der Waals surface area contributed by atoms with Crippen molar-refractivity contribution >= 4 is 5.91 Å². The number of nitroso groups, excluding NO2 is 1.